The van der Waals surface area contributed by atoms with Gasteiger partial charge in [-0.15, -0.1) is 0 Å². The van der Waals surface area contributed by atoms with Gasteiger partial charge in [0.1, 0.15) is 6.04 Å². The topological polar surface area (TPSA) is 61.6 Å². The molecule has 6 rings (SSSR count). The van der Waals surface area contributed by atoms with Crippen molar-refractivity contribution in [1.82, 2.24) is 19.6 Å². The van der Waals surface area contributed by atoms with E-state index >= 15 is 0 Å². The number of carbonyl (C=O) groups is 1. The van der Waals surface area contributed by atoms with Crippen LogP contribution in [0, 0.1) is 11.8 Å². The summed E-state index contributed by atoms with van der Waals surface area (Å²) in [4.78, 5) is 17.6. The van der Waals surface area contributed by atoms with Crippen LogP contribution in [0.5, 0.6) is 0 Å². The van der Waals surface area contributed by atoms with Gasteiger partial charge in [-0.05, 0) is 74.2 Å². The number of nitrogens with zero attached hydrogens (tertiary/aromatic N) is 4. The minimum atomic E-state index is -0.617. The van der Waals surface area contributed by atoms with E-state index < -0.39 is 5.97 Å². The Labute approximate surface area is 251 Å². The number of aromatic nitrogens is 2. The molecular formula is C36H48N4O2. The predicted octanol–water partition coefficient (Wildman–Crippen LogP) is 6.42. The van der Waals surface area contributed by atoms with Crippen LogP contribution in [0.2, 0.25) is 0 Å². The van der Waals surface area contributed by atoms with E-state index in [-0.39, 0.29) is 12.0 Å². The van der Waals surface area contributed by atoms with Crippen molar-refractivity contribution in [2.45, 2.75) is 82.7 Å². The molecule has 3 aliphatic rings. The van der Waals surface area contributed by atoms with E-state index in [1.54, 1.807) is 0 Å². The Hall–Kier alpha value is -2.96. The van der Waals surface area contributed by atoms with Crippen LogP contribution in [0.15, 0.2) is 66.9 Å². The highest BCUT2D eigenvalue weighted by Gasteiger charge is 2.43. The number of carboxylic acids is 1. The highest BCUT2D eigenvalue weighted by Crippen LogP contribution is 2.39. The Kier molecular flexibility index (Phi) is 9.40. The fraction of sp³-hybridized carbons (Fsp3) is 0.556. The Morgan fingerprint density at radius 2 is 1.62 bits per heavy atom. The fourth-order valence-corrected chi connectivity index (χ4v) is 8.33. The summed E-state index contributed by atoms with van der Waals surface area (Å²) in [6.07, 6.45) is 11.1. The smallest absolute Gasteiger partial charge is 0.321 e. The van der Waals surface area contributed by atoms with Crippen LogP contribution in [-0.4, -0.2) is 69.4 Å². The van der Waals surface area contributed by atoms with Gasteiger partial charge in [0.25, 0.3) is 0 Å². The lowest BCUT2D eigenvalue weighted by Gasteiger charge is -2.36. The molecule has 0 bridgehead atoms. The Morgan fingerprint density at radius 3 is 2.29 bits per heavy atom. The molecule has 1 N–H and O–H groups in total. The molecule has 2 saturated heterocycles. The first-order valence-corrected chi connectivity index (χ1v) is 16.4. The van der Waals surface area contributed by atoms with E-state index in [0.717, 1.165) is 71.4 Å². The summed E-state index contributed by atoms with van der Waals surface area (Å²) in [6.45, 7) is 8.08. The molecular weight excluding hydrogens is 520 g/mol. The van der Waals surface area contributed by atoms with Crippen LogP contribution in [0.3, 0.4) is 0 Å². The second-order valence-corrected chi connectivity index (χ2v) is 13.0. The first kappa shape index (κ1) is 29.1. The number of likely N-dealkylation sites (tertiary alicyclic amines) is 2. The van der Waals surface area contributed by atoms with Crippen LogP contribution in [0.1, 0.15) is 86.1 Å². The Bertz CT molecular complexity index is 1280. The van der Waals surface area contributed by atoms with Crippen molar-refractivity contribution in [3.8, 4) is 0 Å². The van der Waals surface area contributed by atoms with Crippen molar-refractivity contribution >= 4 is 5.97 Å². The van der Waals surface area contributed by atoms with Crippen LogP contribution in [0.25, 0.3) is 0 Å². The summed E-state index contributed by atoms with van der Waals surface area (Å²) in [6, 6.07) is 21.3. The van der Waals surface area contributed by atoms with Gasteiger partial charge in [0.05, 0.1) is 6.20 Å². The lowest BCUT2D eigenvalue weighted by Crippen LogP contribution is -2.46. The van der Waals surface area contributed by atoms with Crippen molar-refractivity contribution in [3.05, 3.63) is 89.2 Å². The predicted molar refractivity (Wildman–Crippen MR) is 168 cm³/mol. The van der Waals surface area contributed by atoms with Crippen molar-refractivity contribution in [2.24, 2.45) is 11.8 Å². The molecule has 0 radical (unpaired) electrons. The first-order valence-electron chi connectivity index (χ1n) is 16.4. The largest absolute Gasteiger partial charge is 0.480 e. The molecule has 3 atom stereocenters. The van der Waals surface area contributed by atoms with Gasteiger partial charge in [0.2, 0.25) is 0 Å². The molecule has 0 amide bonds. The summed E-state index contributed by atoms with van der Waals surface area (Å²) in [5.41, 5.74) is 5.52. The number of aliphatic carboxylic acids is 1. The number of piperidine rings is 1. The third-order valence-corrected chi connectivity index (χ3v) is 10.4. The monoisotopic (exact) mass is 568 g/mol. The zero-order valence-corrected chi connectivity index (χ0v) is 25.3. The second kappa shape index (κ2) is 13.6. The molecule has 1 aromatic heterocycles. The quantitative estimate of drug-likeness (QED) is 0.306. The number of hydrogen-bond acceptors (Lipinski definition) is 4. The van der Waals surface area contributed by atoms with Crippen molar-refractivity contribution in [1.29, 1.82) is 0 Å². The van der Waals surface area contributed by atoms with Crippen LogP contribution in [0.4, 0.5) is 0 Å². The van der Waals surface area contributed by atoms with Gasteiger partial charge in [0.15, 0.2) is 0 Å². The molecule has 2 aromatic carbocycles. The highest BCUT2D eigenvalue weighted by molar-refractivity contribution is 5.74. The number of aryl methyl sites for hydroxylation is 1. The van der Waals surface area contributed by atoms with Gasteiger partial charge >= 0.3 is 5.97 Å². The van der Waals surface area contributed by atoms with Gasteiger partial charge in [-0.1, -0.05) is 79.9 Å². The van der Waals surface area contributed by atoms with Gasteiger partial charge in [-0.2, -0.15) is 5.10 Å². The van der Waals surface area contributed by atoms with E-state index in [0.29, 0.717) is 17.8 Å². The molecule has 1 aliphatic carbocycles. The van der Waals surface area contributed by atoms with Crippen molar-refractivity contribution < 1.29 is 9.90 Å². The van der Waals surface area contributed by atoms with E-state index in [2.05, 4.69) is 88.3 Å². The maximum absolute atomic E-state index is 12.6. The molecule has 3 fully saturated rings. The fourth-order valence-electron chi connectivity index (χ4n) is 8.33. The lowest BCUT2D eigenvalue weighted by molar-refractivity contribution is -0.145. The number of benzene rings is 2. The Morgan fingerprint density at radius 1 is 0.929 bits per heavy atom. The zero-order chi connectivity index (χ0) is 28.9. The molecule has 6 heteroatoms. The molecule has 1 saturated carbocycles. The molecule has 3 heterocycles. The van der Waals surface area contributed by atoms with E-state index in [9.17, 15) is 9.90 Å². The summed E-state index contributed by atoms with van der Waals surface area (Å²) in [7, 11) is 0. The average molecular weight is 569 g/mol. The molecule has 6 nitrogen and oxygen atoms in total. The highest BCUT2D eigenvalue weighted by atomic mass is 16.4. The van der Waals surface area contributed by atoms with E-state index in [1.807, 2.05) is 0 Å². The second-order valence-electron chi connectivity index (χ2n) is 13.0. The SMILES string of the molecule is CCn1ncc(Cc2ccccc2)c1C1CCN(C[C@H]2CN([C@@H](C(=O)O)C3CCCCC3)C[C@@H]2c2ccccc2)CC1. The average Bonchev–Trinajstić information content (AvgIpc) is 3.63. The molecule has 3 aromatic rings. The normalized spacial score (nSPS) is 23.7. The van der Waals surface area contributed by atoms with Crippen molar-refractivity contribution in [2.75, 3.05) is 32.7 Å². The van der Waals surface area contributed by atoms with Crippen LogP contribution >= 0.6 is 0 Å². The number of carboxylic acid groups (broad SMARTS) is 1. The molecule has 0 unspecified atom stereocenters. The summed E-state index contributed by atoms with van der Waals surface area (Å²) in [5.74, 6) is 1.04. The van der Waals surface area contributed by atoms with Crippen LogP contribution in [-0.2, 0) is 17.8 Å². The number of rotatable bonds is 10. The zero-order valence-electron chi connectivity index (χ0n) is 25.3. The maximum atomic E-state index is 12.6. The standard InChI is InChI=1S/C36H48N4O2/c1-2-40-34(31(23-37-40)22-27-12-6-3-7-13-27)30-18-20-38(21-19-30)24-32-25-39(26-33(32)28-14-8-4-9-15-28)35(36(41)42)29-16-10-5-11-17-29/h3-4,6-9,12-15,23,29-30,32-33,35H,2,5,10-11,16-22,24-26H2,1H3,(H,41,42)/t32-,33+,35+/m0/s1. The molecule has 0 spiro atoms. The van der Waals surface area contributed by atoms with E-state index in [4.69, 9.17) is 5.10 Å². The summed E-state index contributed by atoms with van der Waals surface area (Å²) < 4.78 is 2.23. The van der Waals surface area contributed by atoms with Crippen molar-refractivity contribution in [3.63, 3.8) is 0 Å². The van der Waals surface area contributed by atoms with Gasteiger partial charge < -0.3 is 10.0 Å². The summed E-state index contributed by atoms with van der Waals surface area (Å²) in [5, 5.41) is 15.1. The molecule has 2 aliphatic heterocycles. The summed E-state index contributed by atoms with van der Waals surface area (Å²) >= 11 is 0. The number of hydrogen-bond donors (Lipinski definition) is 1. The maximum Gasteiger partial charge on any atom is 0.321 e. The van der Waals surface area contributed by atoms with Gasteiger partial charge in [-0.25, -0.2) is 0 Å². The van der Waals surface area contributed by atoms with E-state index in [1.165, 1.54) is 41.6 Å². The van der Waals surface area contributed by atoms with Gasteiger partial charge in [0, 0.05) is 50.1 Å². The first-order chi connectivity index (χ1) is 20.6. The Balaban J connectivity index is 1.14. The lowest BCUT2D eigenvalue weighted by atomic mass is 9.83. The van der Waals surface area contributed by atoms with Crippen LogP contribution < -0.4 is 0 Å². The molecule has 42 heavy (non-hydrogen) atoms. The van der Waals surface area contributed by atoms with Gasteiger partial charge in [-0.3, -0.25) is 14.4 Å². The minimum Gasteiger partial charge on any atom is -0.480 e. The third-order valence-electron chi connectivity index (χ3n) is 10.4. The third kappa shape index (κ3) is 6.50. The minimum absolute atomic E-state index is 0.288. The molecule has 224 valence electrons.